The Bertz CT molecular complexity index is 331. The van der Waals surface area contributed by atoms with Crippen LogP contribution in [0.3, 0.4) is 0 Å². The van der Waals surface area contributed by atoms with Crippen LogP contribution in [0, 0.1) is 0 Å². The molecule has 1 aliphatic heterocycles. The lowest BCUT2D eigenvalue weighted by Gasteiger charge is -2.40. The molecular weight excluding hydrogens is 202 g/mol. The SMILES string of the molecule is CN(C)N1CCC(O)(c2ccccn2)CC1. The van der Waals surface area contributed by atoms with Gasteiger partial charge in [-0.05, 0) is 25.0 Å². The number of nitrogens with zero attached hydrogens (tertiary/aromatic N) is 3. The summed E-state index contributed by atoms with van der Waals surface area (Å²) in [4.78, 5) is 4.26. The molecular formula is C12H19N3O. The monoisotopic (exact) mass is 221 g/mol. The Labute approximate surface area is 96.5 Å². The van der Waals surface area contributed by atoms with Crippen molar-refractivity contribution in [1.29, 1.82) is 0 Å². The summed E-state index contributed by atoms with van der Waals surface area (Å²) < 4.78 is 0. The van der Waals surface area contributed by atoms with Gasteiger partial charge in [-0.25, -0.2) is 10.0 Å². The van der Waals surface area contributed by atoms with Crippen LogP contribution in [0.4, 0.5) is 0 Å². The summed E-state index contributed by atoms with van der Waals surface area (Å²) in [5.41, 5.74) is 0.0572. The Morgan fingerprint density at radius 1 is 1.31 bits per heavy atom. The van der Waals surface area contributed by atoms with Gasteiger partial charge in [-0.3, -0.25) is 4.98 Å². The second kappa shape index (κ2) is 4.49. The van der Waals surface area contributed by atoms with E-state index in [2.05, 4.69) is 15.0 Å². The minimum Gasteiger partial charge on any atom is -0.383 e. The standard InChI is InChI=1S/C12H19N3O/c1-14(2)15-9-6-12(16,7-10-15)11-5-3-4-8-13-11/h3-5,8,16H,6-7,9-10H2,1-2H3. The van der Waals surface area contributed by atoms with Crippen molar-refractivity contribution in [3.05, 3.63) is 30.1 Å². The molecule has 0 amide bonds. The van der Waals surface area contributed by atoms with Gasteiger partial charge in [-0.2, -0.15) is 0 Å². The van der Waals surface area contributed by atoms with E-state index < -0.39 is 5.60 Å². The topological polar surface area (TPSA) is 39.6 Å². The van der Waals surface area contributed by atoms with Crippen LogP contribution in [0.1, 0.15) is 18.5 Å². The van der Waals surface area contributed by atoms with Gasteiger partial charge in [0.25, 0.3) is 0 Å². The second-order valence-electron chi connectivity index (χ2n) is 4.55. The molecule has 0 aromatic carbocycles. The van der Waals surface area contributed by atoms with E-state index in [-0.39, 0.29) is 0 Å². The Morgan fingerprint density at radius 3 is 2.50 bits per heavy atom. The summed E-state index contributed by atoms with van der Waals surface area (Å²) in [6.45, 7) is 1.75. The molecule has 1 aliphatic rings. The quantitative estimate of drug-likeness (QED) is 0.803. The summed E-state index contributed by atoms with van der Waals surface area (Å²) in [6, 6.07) is 5.71. The highest BCUT2D eigenvalue weighted by Gasteiger charge is 2.35. The number of hydrogen-bond donors (Lipinski definition) is 1. The summed E-state index contributed by atoms with van der Waals surface area (Å²) in [5, 5.41) is 14.8. The Kier molecular flexibility index (Phi) is 3.23. The summed E-state index contributed by atoms with van der Waals surface area (Å²) in [6.07, 6.45) is 3.22. The Hall–Kier alpha value is -0.970. The van der Waals surface area contributed by atoms with Gasteiger partial charge in [0.05, 0.1) is 5.69 Å². The molecule has 0 spiro atoms. The van der Waals surface area contributed by atoms with Crippen LogP contribution in [0.15, 0.2) is 24.4 Å². The predicted molar refractivity (Wildman–Crippen MR) is 62.6 cm³/mol. The molecule has 0 radical (unpaired) electrons. The highest BCUT2D eigenvalue weighted by atomic mass is 16.3. The van der Waals surface area contributed by atoms with Crippen LogP contribution in [-0.2, 0) is 5.60 Å². The zero-order chi connectivity index (χ0) is 11.6. The average Bonchev–Trinajstić information content (AvgIpc) is 2.31. The first kappa shape index (κ1) is 11.5. The first-order valence-corrected chi connectivity index (χ1v) is 5.68. The van der Waals surface area contributed by atoms with E-state index in [1.807, 2.05) is 32.3 Å². The molecule has 88 valence electrons. The molecule has 1 N–H and O–H groups in total. The lowest BCUT2D eigenvalue weighted by atomic mass is 9.88. The molecule has 1 aromatic rings. The van der Waals surface area contributed by atoms with Crippen LogP contribution < -0.4 is 0 Å². The molecule has 0 atom stereocenters. The van der Waals surface area contributed by atoms with Crippen molar-refractivity contribution in [2.75, 3.05) is 27.2 Å². The van der Waals surface area contributed by atoms with Crippen LogP contribution in [0.2, 0.25) is 0 Å². The van der Waals surface area contributed by atoms with Crippen molar-refractivity contribution in [2.45, 2.75) is 18.4 Å². The lowest BCUT2D eigenvalue weighted by Crippen LogP contribution is -2.48. The third-order valence-electron chi connectivity index (χ3n) is 3.27. The normalized spacial score (nSPS) is 21.2. The average molecular weight is 221 g/mol. The van der Waals surface area contributed by atoms with Gasteiger partial charge in [0.2, 0.25) is 0 Å². The molecule has 4 heteroatoms. The van der Waals surface area contributed by atoms with Crippen LogP contribution in [0.25, 0.3) is 0 Å². The van der Waals surface area contributed by atoms with Gasteiger partial charge >= 0.3 is 0 Å². The predicted octanol–water partition coefficient (Wildman–Crippen LogP) is 0.842. The maximum Gasteiger partial charge on any atom is 0.109 e. The number of hydrazine groups is 1. The Balaban J connectivity index is 2.07. The van der Waals surface area contributed by atoms with E-state index in [0.29, 0.717) is 0 Å². The third-order valence-corrected chi connectivity index (χ3v) is 3.27. The summed E-state index contributed by atoms with van der Waals surface area (Å²) in [7, 11) is 4.07. The molecule has 0 aliphatic carbocycles. The first-order valence-electron chi connectivity index (χ1n) is 5.68. The minimum atomic E-state index is -0.742. The molecule has 2 heterocycles. The summed E-state index contributed by atoms with van der Waals surface area (Å²) >= 11 is 0. The van der Waals surface area contributed by atoms with Gasteiger partial charge in [-0.1, -0.05) is 6.07 Å². The molecule has 1 aromatic heterocycles. The fourth-order valence-corrected chi connectivity index (χ4v) is 2.16. The maximum atomic E-state index is 10.5. The highest BCUT2D eigenvalue weighted by Crippen LogP contribution is 2.31. The van der Waals surface area contributed by atoms with Crippen molar-refractivity contribution >= 4 is 0 Å². The van der Waals surface area contributed by atoms with Gasteiger partial charge in [0.15, 0.2) is 0 Å². The highest BCUT2D eigenvalue weighted by molar-refractivity contribution is 5.13. The second-order valence-corrected chi connectivity index (χ2v) is 4.55. The fourth-order valence-electron chi connectivity index (χ4n) is 2.16. The number of rotatable bonds is 2. The van der Waals surface area contributed by atoms with Crippen molar-refractivity contribution in [2.24, 2.45) is 0 Å². The van der Waals surface area contributed by atoms with Crippen LogP contribution >= 0.6 is 0 Å². The largest absolute Gasteiger partial charge is 0.383 e. The van der Waals surface area contributed by atoms with E-state index in [0.717, 1.165) is 31.6 Å². The van der Waals surface area contributed by atoms with Crippen molar-refractivity contribution in [1.82, 2.24) is 15.0 Å². The molecule has 0 unspecified atom stereocenters. The van der Waals surface area contributed by atoms with Gasteiger partial charge in [-0.15, -0.1) is 0 Å². The fraction of sp³-hybridized carbons (Fsp3) is 0.583. The van der Waals surface area contributed by atoms with Crippen LogP contribution in [-0.4, -0.2) is 47.3 Å². The van der Waals surface area contributed by atoms with E-state index in [9.17, 15) is 5.11 Å². The zero-order valence-electron chi connectivity index (χ0n) is 9.93. The van der Waals surface area contributed by atoms with Gasteiger partial charge in [0.1, 0.15) is 5.60 Å². The number of aromatic nitrogens is 1. The lowest BCUT2D eigenvalue weighted by molar-refractivity contribution is -0.0846. The molecule has 0 bridgehead atoms. The van der Waals surface area contributed by atoms with E-state index in [4.69, 9.17) is 0 Å². The van der Waals surface area contributed by atoms with Crippen molar-refractivity contribution in [3.63, 3.8) is 0 Å². The minimum absolute atomic E-state index is 0.738. The van der Waals surface area contributed by atoms with E-state index in [1.54, 1.807) is 6.20 Å². The zero-order valence-corrected chi connectivity index (χ0v) is 9.93. The van der Waals surface area contributed by atoms with Crippen LogP contribution in [0.5, 0.6) is 0 Å². The van der Waals surface area contributed by atoms with E-state index >= 15 is 0 Å². The molecule has 0 saturated carbocycles. The van der Waals surface area contributed by atoms with E-state index in [1.165, 1.54) is 0 Å². The molecule has 2 rings (SSSR count). The third kappa shape index (κ3) is 2.24. The van der Waals surface area contributed by atoms with Gasteiger partial charge in [0, 0.05) is 33.4 Å². The number of aliphatic hydroxyl groups is 1. The Morgan fingerprint density at radius 2 is 2.00 bits per heavy atom. The molecule has 1 saturated heterocycles. The molecule has 1 fully saturated rings. The van der Waals surface area contributed by atoms with Gasteiger partial charge < -0.3 is 5.11 Å². The van der Waals surface area contributed by atoms with Crippen molar-refractivity contribution < 1.29 is 5.11 Å². The number of hydrogen-bond acceptors (Lipinski definition) is 4. The molecule has 16 heavy (non-hydrogen) atoms. The summed E-state index contributed by atoms with van der Waals surface area (Å²) in [5.74, 6) is 0. The maximum absolute atomic E-state index is 10.5. The first-order chi connectivity index (χ1) is 7.62. The smallest absolute Gasteiger partial charge is 0.109 e. The van der Waals surface area contributed by atoms with Crippen molar-refractivity contribution in [3.8, 4) is 0 Å². The number of piperidine rings is 1. The number of pyridine rings is 1. The molecule has 4 nitrogen and oxygen atoms in total.